The zero-order valence-corrected chi connectivity index (χ0v) is 10.4. The molecule has 0 heterocycles. The van der Waals surface area contributed by atoms with Crippen LogP contribution in [0.25, 0.3) is 0 Å². The lowest BCUT2D eigenvalue weighted by molar-refractivity contribution is -0.0672. The third-order valence-electron chi connectivity index (χ3n) is 3.25. The summed E-state index contributed by atoms with van der Waals surface area (Å²) < 4.78 is 5.90. The third-order valence-corrected chi connectivity index (χ3v) is 3.25. The lowest BCUT2D eigenvalue weighted by atomic mass is 9.82. The van der Waals surface area contributed by atoms with E-state index in [1.54, 1.807) is 0 Å². The van der Waals surface area contributed by atoms with E-state index in [-0.39, 0.29) is 11.0 Å². The maximum absolute atomic E-state index is 5.90. The van der Waals surface area contributed by atoms with Crippen molar-refractivity contribution in [2.24, 2.45) is 11.3 Å². The van der Waals surface area contributed by atoms with Crippen molar-refractivity contribution in [3.63, 3.8) is 0 Å². The molecule has 0 atom stereocenters. The van der Waals surface area contributed by atoms with Crippen molar-refractivity contribution >= 4 is 0 Å². The van der Waals surface area contributed by atoms with Gasteiger partial charge < -0.3 is 4.74 Å². The molecule has 0 rings (SSSR count). The van der Waals surface area contributed by atoms with E-state index < -0.39 is 0 Å². The van der Waals surface area contributed by atoms with Crippen LogP contribution in [-0.4, -0.2) is 12.2 Å². The summed E-state index contributed by atoms with van der Waals surface area (Å²) in [4.78, 5) is 0. The molecule has 0 aromatic heterocycles. The highest BCUT2D eigenvalue weighted by Gasteiger charge is 2.26. The first-order chi connectivity index (χ1) is 5.71. The Hall–Kier alpha value is -0.0400. The summed E-state index contributed by atoms with van der Waals surface area (Å²) >= 11 is 0. The SMILES string of the molecule is CCC(C)(C)OCC(C)(C)C(C)C. The molecule has 0 aromatic carbocycles. The van der Waals surface area contributed by atoms with Gasteiger partial charge in [-0.15, -0.1) is 0 Å². The molecule has 0 fully saturated rings. The maximum atomic E-state index is 5.90. The van der Waals surface area contributed by atoms with Crippen LogP contribution in [0.4, 0.5) is 0 Å². The zero-order chi connectivity index (χ0) is 10.7. The van der Waals surface area contributed by atoms with E-state index in [2.05, 4.69) is 48.5 Å². The Morgan fingerprint density at radius 1 is 1.08 bits per heavy atom. The Balaban J connectivity index is 4.02. The van der Waals surface area contributed by atoms with E-state index >= 15 is 0 Å². The van der Waals surface area contributed by atoms with E-state index in [0.717, 1.165) is 13.0 Å². The van der Waals surface area contributed by atoms with Crippen molar-refractivity contribution in [2.75, 3.05) is 6.61 Å². The molecule has 80 valence electrons. The van der Waals surface area contributed by atoms with Gasteiger partial charge in [-0.2, -0.15) is 0 Å². The fourth-order valence-electron chi connectivity index (χ4n) is 0.650. The lowest BCUT2D eigenvalue weighted by Gasteiger charge is -2.34. The minimum atomic E-state index is 0.0339. The predicted octanol–water partition coefficient (Wildman–Crippen LogP) is 3.87. The maximum Gasteiger partial charge on any atom is 0.0624 e. The predicted molar refractivity (Wildman–Crippen MR) is 58.9 cm³/mol. The standard InChI is InChI=1S/C12H26O/c1-8-12(6,7)13-9-11(4,5)10(2)3/h10H,8-9H2,1-7H3. The molecule has 0 amide bonds. The van der Waals surface area contributed by atoms with Crippen molar-refractivity contribution in [1.82, 2.24) is 0 Å². The topological polar surface area (TPSA) is 9.23 Å². The smallest absolute Gasteiger partial charge is 0.0624 e. The first-order valence-corrected chi connectivity index (χ1v) is 5.35. The van der Waals surface area contributed by atoms with Gasteiger partial charge in [-0.1, -0.05) is 34.6 Å². The summed E-state index contributed by atoms with van der Waals surface area (Å²) in [6, 6.07) is 0. The summed E-state index contributed by atoms with van der Waals surface area (Å²) in [5.74, 6) is 0.667. The van der Waals surface area contributed by atoms with Crippen LogP contribution in [0.5, 0.6) is 0 Å². The lowest BCUT2D eigenvalue weighted by Crippen LogP contribution is -2.32. The molecule has 0 spiro atoms. The number of rotatable bonds is 5. The third kappa shape index (κ3) is 4.66. The highest BCUT2D eigenvalue weighted by molar-refractivity contribution is 4.74. The zero-order valence-electron chi connectivity index (χ0n) is 10.4. The van der Waals surface area contributed by atoms with Gasteiger partial charge in [0, 0.05) is 0 Å². The summed E-state index contributed by atoms with van der Waals surface area (Å²) in [7, 11) is 0. The molecule has 13 heavy (non-hydrogen) atoms. The fourth-order valence-corrected chi connectivity index (χ4v) is 0.650. The quantitative estimate of drug-likeness (QED) is 0.633. The number of ether oxygens (including phenoxy) is 1. The average molecular weight is 186 g/mol. The average Bonchev–Trinajstić information content (AvgIpc) is 2.01. The van der Waals surface area contributed by atoms with Gasteiger partial charge in [-0.25, -0.2) is 0 Å². The molecule has 1 nitrogen and oxygen atoms in total. The summed E-state index contributed by atoms with van der Waals surface area (Å²) in [5, 5.41) is 0. The van der Waals surface area contributed by atoms with Crippen LogP contribution >= 0.6 is 0 Å². The van der Waals surface area contributed by atoms with E-state index in [0.29, 0.717) is 5.92 Å². The van der Waals surface area contributed by atoms with Gasteiger partial charge >= 0.3 is 0 Å². The fraction of sp³-hybridized carbons (Fsp3) is 1.00. The normalized spacial score (nSPS) is 13.8. The second-order valence-corrected chi connectivity index (χ2v) is 5.55. The van der Waals surface area contributed by atoms with E-state index in [4.69, 9.17) is 4.74 Å². The van der Waals surface area contributed by atoms with Gasteiger partial charge in [-0.3, -0.25) is 0 Å². The van der Waals surface area contributed by atoms with Crippen molar-refractivity contribution in [2.45, 2.75) is 60.5 Å². The Bertz CT molecular complexity index is 145. The van der Waals surface area contributed by atoms with Gasteiger partial charge in [-0.05, 0) is 31.6 Å². The highest BCUT2D eigenvalue weighted by atomic mass is 16.5. The van der Waals surface area contributed by atoms with Crippen molar-refractivity contribution in [3.8, 4) is 0 Å². The summed E-state index contributed by atoms with van der Waals surface area (Å²) in [6.45, 7) is 16.4. The molecule has 0 radical (unpaired) electrons. The van der Waals surface area contributed by atoms with Gasteiger partial charge in [0.15, 0.2) is 0 Å². The number of hydrogen-bond acceptors (Lipinski definition) is 1. The number of hydrogen-bond donors (Lipinski definition) is 0. The van der Waals surface area contributed by atoms with Crippen LogP contribution in [0.15, 0.2) is 0 Å². The van der Waals surface area contributed by atoms with Gasteiger partial charge in [0.1, 0.15) is 0 Å². The summed E-state index contributed by atoms with van der Waals surface area (Å²) in [5.41, 5.74) is 0.318. The first-order valence-electron chi connectivity index (χ1n) is 5.35. The van der Waals surface area contributed by atoms with Crippen molar-refractivity contribution in [3.05, 3.63) is 0 Å². The molecule has 0 saturated heterocycles. The molecule has 0 aliphatic heterocycles. The highest BCUT2D eigenvalue weighted by Crippen LogP contribution is 2.28. The van der Waals surface area contributed by atoms with Crippen molar-refractivity contribution in [1.29, 1.82) is 0 Å². The van der Waals surface area contributed by atoms with Gasteiger partial charge in [0.05, 0.1) is 12.2 Å². The molecule has 0 aliphatic carbocycles. The van der Waals surface area contributed by atoms with Crippen LogP contribution in [0.3, 0.4) is 0 Å². The Morgan fingerprint density at radius 3 is 1.85 bits per heavy atom. The van der Waals surface area contributed by atoms with E-state index in [9.17, 15) is 0 Å². The minimum Gasteiger partial charge on any atom is -0.375 e. The monoisotopic (exact) mass is 186 g/mol. The Morgan fingerprint density at radius 2 is 1.54 bits per heavy atom. The molecule has 1 heteroatoms. The Kier molecular flexibility index (Phi) is 4.44. The van der Waals surface area contributed by atoms with Crippen LogP contribution < -0.4 is 0 Å². The minimum absolute atomic E-state index is 0.0339. The van der Waals surface area contributed by atoms with E-state index in [1.165, 1.54) is 0 Å². The molecule has 0 N–H and O–H groups in total. The molecule has 0 aromatic rings. The van der Waals surface area contributed by atoms with Crippen LogP contribution in [0, 0.1) is 11.3 Å². The van der Waals surface area contributed by atoms with E-state index in [1.807, 2.05) is 0 Å². The second kappa shape index (κ2) is 4.45. The molecular formula is C12H26O. The summed E-state index contributed by atoms with van der Waals surface area (Å²) in [6.07, 6.45) is 1.07. The van der Waals surface area contributed by atoms with Crippen LogP contribution in [0.2, 0.25) is 0 Å². The second-order valence-electron chi connectivity index (χ2n) is 5.55. The van der Waals surface area contributed by atoms with Crippen molar-refractivity contribution < 1.29 is 4.74 Å². The molecule has 0 bridgehead atoms. The first kappa shape index (κ1) is 13.0. The largest absolute Gasteiger partial charge is 0.375 e. The van der Waals surface area contributed by atoms with Crippen LogP contribution in [-0.2, 0) is 4.74 Å². The van der Waals surface area contributed by atoms with Crippen LogP contribution in [0.1, 0.15) is 54.9 Å². The molecular weight excluding hydrogens is 160 g/mol. The van der Waals surface area contributed by atoms with Gasteiger partial charge in [0.2, 0.25) is 0 Å². The molecule has 0 unspecified atom stereocenters. The molecule has 0 aliphatic rings. The molecule has 0 saturated carbocycles. The van der Waals surface area contributed by atoms with Gasteiger partial charge in [0.25, 0.3) is 0 Å². The Labute approximate surface area is 83.9 Å².